The summed E-state index contributed by atoms with van der Waals surface area (Å²) in [7, 11) is -3.37. The van der Waals surface area contributed by atoms with Crippen molar-refractivity contribution in [3.63, 3.8) is 0 Å². The Kier molecular flexibility index (Phi) is 4.90. The normalized spacial score (nSPS) is 11.4. The second-order valence-electron chi connectivity index (χ2n) is 5.78. The summed E-state index contributed by atoms with van der Waals surface area (Å²) < 4.78 is 30.6. The molecule has 0 atom stereocenters. The van der Waals surface area contributed by atoms with Crippen molar-refractivity contribution in [2.75, 3.05) is 5.75 Å². The molecule has 130 valence electrons. The Morgan fingerprint density at radius 1 is 1.08 bits per heavy atom. The minimum atomic E-state index is -3.37. The van der Waals surface area contributed by atoms with Crippen LogP contribution >= 0.6 is 0 Å². The van der Waals surface area contributed by atoms with E-state index in [0.717, 1.165) is 15.2 Å². The van der Waals surface area contributed by atoms with Crippen LogP contribution in [0.4, 0.5) is 0 Å². The van der Waals surface area contributed by atoms with Crippen LogP contribution in [0.5, 0.6) is 5.75 Å². The zero-order chi connectivity index (χ0) is 17.9. The van der Waals surface area contributed by atoms with Crippen LogP contribution in [-0.4, -0.2) is 23.4 Å². The van der Waals surface area contributed by atoms with Gasteiger partial charge in [-0.15, -0.1) is 0 Å². The predicted molar refractivity (Wildman–Crippen MR) is 98.0 cm³/mol. The lowest BCUT2D eigenvalue weighted by Crippen LogP contribution is -2.15. The van der Waals surface area contributed by atoms with Crippen LogP contribution in [0, 0.1) is 6.92 Å². The molecule has 0 N–H and O–H groups in total. The zero-order valence-electron chi connectivity index (χ0n) is 14.2. The molecule has 25 heavy (non-hydrogen) atoms. The number of benzene rings is 2. The van der Waals surface area contributed by atoms with Gasteiger partial charge >= 0.3 is 0 Å². The summed E-state index contributed by atoms with van der Waals surface area (Å²) in [6.45, 7) is 4.12. The molecular formula is C19H20N2O3S. The summed E-state index contributed by atoms with van der Waals surface area (Å²) in [5.74, 6) is 0.722. The molecule has 3 aromatic rings. The second kappa shape index (κ2) is 7.11. The maximum atomic E-state index is 11.9. The zero-order valence-corrected chi connectivity index (χ0v) is 15.0. The Balaban J connectivity index is 1.76. The first-order valence-electron chi connectivity index (χ1n) is 8.05. The van der Waals surface area contributed by atoms with Crippen LogP contribution < -0.4 is 4.74 Å². The first kappa shape index (κ1) is 17.2. The first-order chi connectivity index (χ1) is 12.0. The molecule has 0 aliphatic rings. The molecule has 5 nitrogen and oxygen atoms in total. The number of hydrogen-bond donors (Lipinski definition) is 0. The minimum Gasteiger partial charge on any atom is -0.489 e. The van der Waals surface area contributed by atoms with Gasteiger partial charge in [-0.25, -0.2) is 8.42 Å². The van der Waals surface area contributed by atoms with Crippen molar-refractivity contribution in [3.8, 4) is 17.0 Å². The van der Waals surface area contributed by atoms with Gasteiger partial charge in [0.15, 0.2) is 0 Å². The average Bonchev–Trinajstić information content (AvgIpc) is 3.13. The van der Waals surface area contributed by atoms with Crippen LogP contribution in [0.2, 0.25) is 0 Å². The predicted octanol–water partition coefficient (Wildman–Crippen LogP) is 3.64. The van der Waals surface area contributed by atoms with Gasteiger partial charge in [0, 0.05) is 11.8 Å². The average molecular weight is 356 g/mol. The molecule has 0 bridgehead atoms. The lowest BCUT2D eigenvalue weighted by molar-refractivity contribution is 0.306. The van der Waals surface area contributed by atoms with E-state index in [-0.39, 0.29) is 5.75 Å². The first-order valence-corrected chi connectivity index (χ1v) is 9.66. The van der Waals surface area contributed by atoms with Gasteiger partial charge in [-0.05, 0) is 37.6 Å². The SMILES string of the molecule is CCS(=O)(=O)n1ccc(-c2cccc(OCc3ccc(C)cc3)c2)n1. The van der Waals surface area contributed by atoms with E-state index < -0.39 is 10.0 Å². The van der Waals surface area contributed by atoms with E-state index in [4.69, 9.17) is 4.74 Å². The molecule has 0 aliphatic carbocycles. The van der Waals surface area contributed by atoms with Gasteiger partial charge < -0.3 is 4.74 Å². The molecular weight excluding hydrogens is 336 g/mol. The summed E-state index contributed by atoms with van der Waals surface area (Å²) in [5, 5.41) is 4.17. The van der Waals surface area contributed by atoms with Crippen LogP contribution in [-0.2, 0) is 16.6 Å². The fourth-order valence-electron chi connectivity index (χ4n) is 2.34. The highest BCUT2D eigenvalue weighted by Gasteiger charge is 2.13. The number of rotatable bonds is 6. The van der Waals surface area contributed by atoms with Crippen molar-refractivity contribution in [3.05, 3.63) is 71.9 Å². The van der Waals surface area contributed by atoms with E-state index >= 15 is 0 Å². The summed E-state index contributed by atoms with van der Waals surface area (Å²) >= 11 is 0. The Labute approximate surface area is 147 Å². The maximum absolute atomic E-state index is 11.9. The van der Waals surface area contributed by atoms with Gasteiger partial charge in [-0.2, -0.15) is 9.19 Å². The number of aryl methyl sites for hydroxylation is 1. The van der Waals surface area contributed by atoms with Crippen LogP contribution in [0.3, 0.4) is 0 Å². The van der Waals surface area contributed by atoms with E-state index in [1.165, 1.54) is 11.8 Å². The Morgan fingerprint density at radius 3 is 2.56 bits per heavy atom. The molecule has 0 spiro atoms. The van der Waals surface area contributed by atoms with Gasteiger partial charge in [-0.1, -0.05) is 42.0 Å². The summed E-state index contributed by atoms with van der Waals surface area (Å²) in [5.41, 5.74) is 3.71. The Morgan fingerprint density at radius 2 is 1.84 bits per heavy atom. The summed E-state index contributed by atoms with van der Waals surface area (Å²) in [6.07, 6.45) is 1.47. The maximum Gasteiger partial charge on any atom is 0.253 e. The number of hydrogen-bond acceptors (Lipinski definition) is 4. The second-order valence-corrected chi connectivity index (χ2v) is 7.89. The molecule has 0 radical (unpaired) electrons. The van der Waals surface area contributed by atoms with Gasteiger partial charge in [0.2, 0.25) is 0 Å². The molecule has 0 unspecified atom stereocenters. The molecule has 1 aromatic heterocycles. The van der Waals surface area contributed by atoms with E-state index in [1.807, 2.05) is 43.3 Å². The van der Waals surface area contributed by atoms with E-state index in [2.05, 4.69) is 17.2 Å². The number of aromatic nitrogens is 2. The van der Waals surface area contributed by atoms with Crippen molar-refractivity contribution >= 4 is 10.0 Å². The van der Waals surface area contributed by atoms with E-state index in [1.54, 1.807) is 13.0 Å². The van der Waals surface area contributed by atoms with Gasteiger partial charge in [0.25, 0.3) is 10.0 Å². The summed E-state index contributed by atoms with van der Waals surface area (Å²) in [4.78, 5) is 0. The van der Waals surface area contributed by atoms with Gasteiger partial charge in [-0.3, -0.25) is 0 Å². The minimum absolute atomic E-state index is 0.00776. The highest BCUT2D eigenvalue weighted by molar-refractivity contribution is 7.89. The van der Waals surface area contributed by atoms with Crippen LogP contribution in [0.25, 0.3) is 11.3 Å². The van der Waals surface area contributed by atoms with E-state index in [0.29, 0.717) is 18.1 Å². The Bertz CT molecular complexity index is 960. The van der Waals surface area contributed by atoms with Crippen molar-refractivity contribution < 1.29 is 13.2 Å². The number of nitrogens with zero attached hydrogens (tertiary/aromatic N) is 2. The molecule has 2 aromatic carbocycles. The van der Waals surface area contributed by atoms with E-state index in [9.17, 15) is 8.42 Å². The highest BCUT2D eigenvalue weighted by atomic mass is 32.2. The highest BCUT2D eigenvalue weighted by Crippen LogP contribution is 2.23. The fraction of sp³-hybridized carbons (Fsp3) is 0.211. The molecule has 6 heteroatoms. The molecule has 0 amide bonds. The smallest absolute Gasteiger partial charge is 0.253 e. The van der Waals surface area contributed by atoms with Crippen LogP contribution in [0.1, 0.15) is 18.1 Å². The van der Waals surface area contributed by atoms with Crippen molar-refractivity contribution in [1.29, 1.82) is 0 Å². The molecule has 0 saturated heterocycles. The third-order valence-corrected chi connectivity index (χ3v) is 5.37. The Hall–Kier alpha value is -2.60. The van der Waals surface area contributed by atoms with Crippen molar-refractivity contribution in [1.82, 2.24) is 9.19 Å². The van der Waals surface area contributed by atoms with Crippen LogP contribution in [0.15, 0.2) is 60.8 Å². The van der Waals surface area contributed by atoms with Gasteiger partial charge in [0.1, 0.15) is 12.4 Å². The topological polar surface area (TPSA) is 61.2 Å². The third kappa shape index (κ3) is 4.09. The quantitative estimate of drug-likeness (QED) is 0.676. The van der Waals surface area contributed by atoms with Gasteiger partial charge in [0.05, 0.1) is 11.4 Å². The molecule has 3 rings (SSSR count). The van der Waals surface area contributed by atoms with Crippen molar-refractivity contribution in [2.24, 2.45) is 0 Å². The van der Waals surface area contributed by atoms with Crippen molar-refractivity contribution in [2.45, 2.75) is 20.5 Å². The lowest BCUT2D eigenvalue weighted by Gasteiger charge is -2.08. The number of ether oxygens (including phenoxy) is 1. The molecule has 0 aliphatic heterocycles. The molecule has 0 saturated carbocycles. The lowest BCUT2D eigenvalue weighted by atomic mass is 10.1. The molecule has 1 heterocycles. The molecule has 0 fully saturated rings. The fourth-order valence-corrected chi connectivity index (χ4v) is 3.07. The monoisotopic (exact) mass is 356 g/mol. The largest absolute Gasteiger partial charge is 0.489 e. The summed E-state index contributed by atoms with van der Waals surface area (Å²) in [6, 6.07) is 17.3. The third-order valence-electron chi connectivity index (χ3n) is 3.87. The standard InChI is InChI=1S/C19H20N2O3S/c1-3-25(22,23)21-12-11-19(20-21)17-5-4-6-18(13-17)24-14-16-9-7-15(2)8-10-16/h4-13H,3,14H2,1-2H3.